The molecule has 4 heteroatoms. The largest absolute Gasteiger partial charge is 0.386 e. The van der Waals surface area contributed by atoms with Crippen molar-refractivity contribution in [1.29, 1.82) is 0 Å². The quantitative estimate of drug-likeness (QED) is 0.660. The summed E-state index contributed by atoms with van der Waals surface area (Å²) in [7, 11) is 1.66. The summed E-state index contributed by atoms with van der Waals surface area (Å²) in [4.78, 5) is 18.8. The maximum Gasteiger partial charge on any atom is 0.344 e. The van der Waals surface area contributed by atoms with E-state index >= 15 is 0 Å². The summed E-state index contributed by atoms with van der Waals surface area (Å²) in [6.07, 6.45) is -0.790. The molecule has 2 atom stereocenters. The molecule has 0 fully saturated rings. The minimum Gasteiger partial charge on any atom is -0.386 e. The van der Waals surface area contributed by atoms with Crippen LogP contribution in [0.25, 0.3) is 0 Å². The number of aliphatic hydroxyl groups excluding tert-OH is 1. The summed E-state index contributed by atoms with van der Waals surface area (Å²) in [6.45, 7) is 1.82. The molecule has 0 aliphatic rings. The molecule has 3 rings (SSSR count). The molecule has 0 saturated carbocycles. The predicted octanol–water partition coefficient (Wildman–Crippen LogP) is 4.70. The minimum absolute atomic E-state index is 0.398. The van der Waals surface area contributed by atoms with E-state index < -0.39 is 18.2 Å². The molecule has 3 aromatic rings. The molecule has 0 unspecified atom stereocenters. The lowest BCUT2D eigenvalue weighted by atomic mass is 10.0. The number of aliphatic imine (C=N–C) groups is 1. The van der Waals surface area contributed by atoms with E-state index in [1.165, 1.54) is 4.90 Å². The minimum atomic E-state index is -0.790. The van der Waals surface area contributed by atoms with Crippen LogP contribution in [0.2, 0.25) is 0 Å². The summed E-state index contributed by atoms with van der Waals surface area (Å²) in [5, 5.41) is 10.6. The third-order valence-corrected chi connectivity index (χ3v) is 4.81. The molecule has 0 saturated heterocycles. The van der Waals surface area contributed by atoms with E-state index in [0.717, 1.165) is 16.7 Å². The van der Waals surface area contributed by atoms with E-state index in [0.29, 0.717) is 5.71 Å². The molecule has 0 radical (unpaired) electrons. The van der Waals surface area contributed by atoms with E-state index in [4.69, 9.17) is 0 Å². The molecule has 0 bridgehead atoms. The highest BCUT2D eigenvalue weighted by atomic mass is 16.3. The smallest absolute Gasteiger partial charge is 0.344 e. The highest BCUT2D eigenvalue weighted by Crippen LogP contribution is 2.21. The van der Waals surface area contributed by atoms with Crippen LogP contribution in [-0.4, -0.2) is 34.8 Å². The first-order valence-electron chi connectivity index (χ1n) is 9.27. The molecule has 3 aromatic carbocycles. The van der Waals surface area contributed by atoms with Gasteiger partial charge in [0.2, 0.25) is 0 Å². The van der Waals surface area contributed by atoms with Gasteiger partial charge in [0.05, 0.1) is 17.9 Å². The average Bonchev–Trinajstić information content (AvgIpc) is 2.77. The van der Waals surface area contributed by atoms with Gasteiger partial charge in [-0.15, -0.1) is 0 Å². The lowest BCUT2D eigenvalue weighted by Gasteiger charge is -2.28. The zero-order valence-corrected chi connectivity index (χ0v) is 16.1. The van der Waals surface area contributed by atoms with Crippen molar-refractivity contribution in [3.63, 3.8) is 0 Å². The van der Waals surface area contributed by atoms with Crippen LogP contribution in [-0.2, 0) is 0 Å². The third kappa shape index (κ3) is 4.53. The van der Waals surface area contributed by atoms with Crippen LogP contribution >= 0.6 is 0 Å². The van der Waals surface area contributed by atoms with Crippen molar-refractivity contribution < 1.29 is 9.90 Å². The number of urea groups is 1. The summed E-state index contributed by atoms with van der Waals surface area (Å²) >= 11 is 0. The maximum absolute atomic E-state index is 12.9. The molecule has 0 aromatic heterocycles. The van der Waals surface area contributed by atoms with Crippen molar-refractivity contribution in [2.75, 3.05) is 7.05 Å². The zero-order valence-electron chi connectivity index (χ0n) is 16.1. The number of aliphatic hydroxyl groups is 1. The molecule has 2 amide bonds. The van der Waals surface area contributed by atoms with Gasteiger partial charge in [-0.1, -0.05) is 91.0 Å². The fraction of sp³-hybridized carbons (Fsp3) is 0.167. The summed E-state index contributed by atoms with van der Waals surface area (Å²) in [5.74, 6) is 0. The number of amides is 2. The molecule has 28 heavy (non-hydrogen) atoms. The molecular formula is C24H24N2O2. The Morgan fingerprint density at radius 2 is 1.25 bits per heavy atom. The van der Waals surface area contributed by atoms with Crippen molar-refractivity contribution in [3.8, 4) is 0 Å². The molecule has 0 heterocycles. The van der Waals surface area contributed by atoms with E-state index in [1.54, 1.807) is 7.05 Å². The van der Waals surface area contributed by atoms with Crippen molar-refractivity contribution in [2.24, 2.45) is 4.99 Å². The van der Waals surface area contributed by atoms with Crippen LogP contribution in [0.5, 0.6) is 0 Å². The van der Waals surface area contributed by atoms with E-state index in [-0.39, 0.29) is 0 Å². The Bertz CT molecular complexity index is 883. The second kappa shape index (κ2) is 9.11. The third-order valence-electron chi connectivity index (χ3n) is 4.81. The molecule has 0 aliphatic carbocycles. The van der Waals surface area contributed by atoms with Crippen molar-refractivity contribution in [1.82, 2.24) is 4.90 Å². The van der Waals surface area contributed by atoms with Gasteiger partial charge in [0, 0.05) is 18.2 Å². The van der Waals surface area contributed by atoms with Gasteiger partial charge < -0.3 is 10.0 Å². The van der Waals surface area contributed by atoms with Gasteiger partial charge in [-0.3, -0.25) is 0 Å². The van der Waals surface area contributed by atoms with Crippen LogP contribution in [0, 0.1) is 0 Å². The monoisotopic (exact) mass is 372 g/mol. The van der Waals surface area contributed by atoms with Crippen LogP contribution < -0.4 is 0 Å². The van der Waals surface area contributed by atoms with Crippen LogP contribution in [0.15, 0.2) is 96.0 Å². The van der Waals surface area contributed by atoms with Crippen molar-refractivity contribution >= 4 is 11.7 Å². The number of carbonyl (C=O) groups is 1. The van der Waals surface area contributed by atoms with Crippen LogP contribution in [0.4, 0.5) is 4.79 Å². The van der Waals surface area contributed by atoms with Gasteiger partial charge in [-0.2, -0.15) is 4.99 Å². The standard InChI is InChI=1S/C24H24N2O2/c1-18(23(27)21-16-10-5-11-17-21)26(2)24(28)25-22(19-12-6-3-7-13-19)20-14-8-4-9-15-20/h3-18,23,27H,1-2H3/t18-,23-/m0/s1. The molecular weight excluding hydrogens is 348 g/mol. The lowest BCUT2D eigenvalue weighted by Crippen LogP contribution is -2.38. The number of hydrogen-bond donors (Lipinski definition) is 1. The van der Waals surface area contributed by atoms with E-state index in [9.17, 15) is 9.90 Å². The van der Waals surface area contributed by atoms with Crippen molar-refractivity contribution in [2.45, 2.75) is 19.1 Å². The van der Waals surface area contributed by atoms with Crippen LogP contribution in [0.1, 0.15) is 29.7 Å². The SMILES string of the molecule is C[C@@H]([C@H](O)c1ccccc1)N(C)C(=O)N=C(c1ccccc1)c1ccccc1. The first-order chi connectivity index (χ1) is 13.6. The number of hydrogen-bond acceptors (Lipinski definition) is 2. The normalized spacial score (nSPS) is 12.7. The fourth-order valence-electron chi connectivity index (χ4n) is 2.98. The van der Waals surface area contributed by atoms with Crippen LogP contribution in [0.3, 0.4) is 0 Å². The number of carbonyl (C=O) groups excluding carboxylic acids is 1. The topological polar surface area (TPSA) is 52.9 Å². The number of likely N-dealkylation sites (N-methyl/N-ethyl adjacent to an activating group) is 1. The van der Waals surface area contributed by atoms with Gasteiger partial charge >= 0.3 is 6.03 Å². The zero-order chi connectivity index (χ0) is 19.9. The maximum atomic E-state index is 12.9. The Morgan fingerprint density at radius 1 is 0.821 bits per heavy atom. The molecule has 142 valence electrons. The first-order valence-corrected chi connectivity index (χ1v) is 9.27. The van der Waals surface area contributed by atoms with Crippen molar-refractivity contribution in [3.05, 3.63) is 108 Å². The highest BCUT2D eigenvalue weighted by Gasteiger charge is 2.24. The van der Waals surface area contributed by atoms with E-state index in [2.05, 4.69) is 4.99 Å². The molecule has 0 spiro atoms. The number of benzene rings is 3. The lowest BCUT2D eigenvalue weighted by molar-refractivity contribution is 0.0883. The second-order valence-electron chi connectivity index (χ2n) is 6.68. The summed E-state index contributed by atoms with van der Waals surface area (Å²) in [5.41, 5.74) is 3.11. The Balaban J connectivity index is 1.88. The number of nitrogens with zero attached hydrogens (tertiary/aromatic N) is 2. The molecule has 4 nitrogen and oxygen atoms in total. The van der Waals surface area contributed by atoms with Gasteiger partial charge in [-0.25, -0.2) is 4.79 Å². The summed E-state index contributed by atoms with van der Waals surface area (Å²) in [6, 6.07) is 27.8. The number of rotatable bonds is 5. The predicted molar refractivity (Wildman–Crippen MR) is 113 cm³/mol. The van der Waals surface area contributed by atoms with Gasteiger partial charge in [0.15, 0.2) is 0 Å². The molecule has 0 aliphatic heterocycles. The Kier molecular flexibility index (Phi) is 6.35. The first kappa shape index (κ1) is 19.5. The fourth-order valence-corrected chi connectivity index (χ4v) is 2.98. The van der Waals surface area contributed by atoms with Gasteiger partial charge in [-0.05, 0) is 12.5 Å². The highest BCUT2D eigenvalue weighted by molar-refractivity contribution is 6.16. The van der Waals surface area contributed by atoms with E-state index in [1.807, 2.05) is 97.9 Å². The summed E-state index contributed by atoms with van der Waals surface area (Å²) < 4.78 is 0. The molecule has 1 N–H and O–H groups in total. The second-order valence-corrected chi connectivity index (χ2v) is 6.68. The van der Waals surface area contributed by atoms with Gasteiger partial charge in [0.1, 0.15) is 0 Å². The average molecular weight is 372 g/mol. The Labute approximate surface area is 165 Å². The Morgan fingerprint density at radius 3 is 1.71 bits per heavy atom. The van der Waals surface area contributed by atoms with Gasteiger partial charge in [0.25, 0.3) is 0 Å². The Hall–Kier alpha value is -3.24.